The van der Waals surface area contributed by atoms with E-state index in [0.29, 0.717) is 0 Å². The van der Waals surface area contributed by atoms with Gasteiger partial charge < -0.3 is 35.8 Å². The maximum Gasteiger partial charge on any atom is 0.160 e. The molecule has 27 aromatic rings. The second kappa shape index (κ2) is 23.6. The summed E-state index contributed by atoms with van der Waals surface area (Å²) in [6.07, 6.45) is 0. The quantitative estimate of drug-likeness (QED) is 0.151. The molecule has 0 atom stereocenters. The largest absolute Gasteiger partial charge is 0.456 e. The molecule has 0 fully saturated rings. The van der Waals surface area contributed by atoms with Crippen molar-refractivity contribution in [2.24, 2.45) is 0 Å². The third-order valence-corrected chi connectivity index (χ3v) is 26.3. The number of aromatic nitrogens is 3. The average Bonchev–Trinajstić information content (AvgIpc) is 1.45. The fourth-order valence-corrected chi connectivity index (χ4v) is 21.0. The monoisotopic (exact) mass is 1510 g/mol. The molecular weight excluding hydrogens is 1450 g/mol. The lowest BCUT2D eigenvalue weighted by molar-refractivity contribution is 0.668. The van der Waals surface area contributed by atoms with Crippen LogP contribution >= 0.6 is 11.3 Å². The molecule has 0 saturated heterocycles. The van der Waals surface area contributed by atoms with Gasteiger partial charge in [0, 0.05) is 129 Å². The lowest BCUT2D eigenvalue weighted by atomic mass is 9.97. The number of para-hydroxylation sites is 5. The molecule has 0 aliphatic rings. The highest BCUT2D eigenvalue weighted by Gasteiger charge is 2.27. The Bertz CT molecular complexity index is 9020. The number of furan rings is 5. The molecule has 542 valence electrons. The van der Waals surface area contributed by atoms with Gasteiger partial charge in [0.05, 0.1) is 33.1 Å². The second-order valence-electron chi connectivity index (χ2n) is 31.2. The van der Waals surface area contributed by atoms with E-state index in [1.54, 1.807) is 0 Å². The maximum absolute atomic E-state index is 6.99. The van der Waals surface area contributed by atoms with E-state index in [4.69, 9.17) is 22.1 Å². The normalized spacial score (nSPS) is 12.4. The summed E-state index contributed by atoms with van der Waals surface area (Å²) >= 11 is 1.87. The average molecular weight is 1510 g/mol. The molecule has 0 N–H and O–H groups in total. The lowest BCUT2D eigenvalue weighted by Gasteiger charge is -2.11. The van der Waals surface area contributed by atoms with E-state index in [1.807, 2.05) is 29.5 Å². The van der Waals surface area contributed by atoms with Crippen LogP contribution in [0.3, 0.4) is 0 Å². The second-order valence-corrected chi connectivity index (χ2v) is 32.3. The highest BCUT2D eigenvalue weighted by molar-refractivity contribution is 7.26. The standard InChI is InChI=1S/C108H59N3O5S/c1-6-23-89-71(14-1)78-47-48-79-72-15-2-8-27-93(72)114-105(79)102(78)109(89)67-40-34-62(35-41-67)65-36-46-76-87-58-66(38-54-97(87)113-98(76)59-65)70-19-12-24-90-100(70)84-51-49-80-73-16-3-9-28-94(73)115-106(80)103(84)110(90)68-44-32-61(33-45-68)64-39-55-99-88(57-64)83-22-11-21-82(108(83)117-99)77-20-13-25-91-101(77)85-52-50-81-74-17-4-10-29-95(74)116-107(81)104(85)111(91)69-42-30-60(31-43-69)63-37-53-96-86(56-63)75-18-5-7-26-92(75)112-96/h1-59H. The minimum Gasteiger partial charge on any atom is -0.456 e. The summed E-state index contributed by atoms with van der Waals surface area (Å²) in [7, 11) is 0. The zero-order chi connectivity index (χ0) is 76.0. The molecule has 9 heteroatoms. The van der Waals surface area contributed by atoms with Gasteiger partial charge in [0.2, 0.25) is 0 Å². The van der Waals surface area contributed by atoms with Crippen LogP contribution in [-0.2, 0) is 0 Å². The Morgan fingerprint density at radius 2 is 0.538 bits per heavy atom. The van der Waals surface area contributed by atoms with Crippen molar-refractivity contribution in [3.8, 4) is 72.7 Å². The van der Waals surface area contributed by atoms with Crippen molar-refractivity contribution in [2.45, 2.75) is 0 Å². The molecule has 0 aliphatic carbocycles. The third kappa shape index (κ3) is 8.94. The predicted molar refractivity (Wildman–Crippen MR) is 486 cm³/mol. The lowest BCUT2D eigenvalue weighted by Crippen LogP contribution is -1.94. The number of hydrogen-bond acceptors (Lipinski definition) is 6. The van der Waals surface area contributed by atoms with Crippen molar-refractivity contribution in [3.63, 3.8) is 0 Å². The van der Waals surface area contributed by atoms with Gasteiger partial charge in [-0.05, 0) is 196 Å². The number of thiophene rings is 1. The number of benzene rings is 18. The Morgan fingerprint density at radius 1 is 0.188 bits per heavy atom. The Kier molecular flexibility index (Phi) is 12.7. The highest BCUT2D eigenvalue weighted by atomic mass is 32.1. The topological polar surface area (TPSA) is 80.5 Å². The SMILES string of the molecule is c1ccc2c(c1)oc1ccc(-c3ccc(-n4c5cccc(-c6cccc7c6sc6ccc(-c8ccc(-n9c%10cccc(-c%11ccc%12oc%13cc(-c%14ccc(-n%15c%16ccccc%16c%16ccc%17c%18ccccc%18oc%17c%16%15)cc%14)ccc%13c%12c%11)c%10c%10ccc%11c%12ccccc%12oc%11c%109)cc8)cc67)c5c5ccc6c7ccccc7oc6c54)cc3)cc12. The minimum atomic E-state index is 0.840. The first kappa shape index (κ1) is 63.1. The maximum atomic E-state index is 6.99. The molecule has 0 aliphatic heterocycles. The Morgan fingerprint density at radius 3 is 1.11 bits per heavy atom. The summed E-state index contributed by atoms with van der Waals surface area (Å²) in [6, 6.07) is 130. The van der Waals surface area contributed by atoms with Crippen molar-refractivity contribution < 1.29 is 22.1 Å². The van der Waals surface area contributed by atoms with Crippen LogP contribution < -0.4 is 0 Å². The molecule has 0 unspecified atom stereocenters. The van der Waals surface area contributed by atoms with E-state index in [2.05, 4.69) is 353 Å². The first-order valence-corrected chi connectivity index (χ1v) is 40.5. The van der Waals surface area contributed by atoms with Crippen LogP contribution in [0, 0.1) is 0 Å². The Hall–Kier alpha value is -15.4. The van der Waals surface area contributed by atoms with Crippen molar-refractivity contribution >= 4 is 207 Å². The van der Waals surface area contributed by atoms with E-state index >= 15 is 0 Å². The van der Waals surface area contributed by atoms with Gasteiger partial charge in [-0.15, -0.1) is 11.3 Å². The molecule has 18 aromatic carbocycles. The van der Waals surface area contributed by atoms with Crippen LogP contribution in [0.2, 0.25) is 0 Å². The van der Waals surface area contributed by atoms with E-state index in [9.17, 15) is 0 Å². The van der Waals surface area contributed by atoms with Gasteiger partial charge >= 0.3 is 0 Å². The summed E-state index contributed by atoms with van der Waals surface area (Å²) in [4.78, 5) is 0. The summed E-state index contributed by atoms with van der Waals surface area (Å²) in [5, 5.41) is 20.4. The number of hydrogen-bond donors (Lipinski definition) is 0. The Balaban J connectivity index is 0.544. The first-order chi connectivity index (χ1) is 58.0. The van der Waals surface area contributed by atoms with Crippen LogP contribution in [-0.4, -0.2) is 13.7 Å². The van der Waals surface area contributed by atoms with Gasteiger partial charge in [-0.3, -0.25) is 0 Å². The fraction of sp³-hybridized carbons (Fsp3) is 0. The first-order valence-electron chi connectivity index (χ1n) is 39.7. The number of fused-ring (bicyclic) bond motifs is 30. The van der Waals surface area contributed by atoms with Gasteiger partial charge in [-0.25, -0.2) is 0 Å². The van der Waals surface area contributed by atoms with Gasteiger partial charge in [0.1, 0.15) is 39.1 Å². The molecule has 27 rings (SSSR count). The summed E-state index contributed by atoms with van der Waals surface area (Å²) in [6.45, 7) is 0. The van der Waals surface area contributed by atoms with Crippen molar-refractivity contribution in [2.75, 3.05) is 0 Å². The number of nitrogens with zero attached hydrogens (tertiary/aromatic N) is 3. The van der Waals surface area contributed by atoms with Gasteiger partial charge in [0.25, 0.3) is 0 Å². The van der Waals surface area contributed by atoms with Gasteiger partial charge in [-0.1, -0.05) is 212 Å². The smallest absolute Gasteiger partial charge is 0.160 e. The molecule has 0 amide bonds. The summed E-state index contributed by atoms with van der Waals surface area (Å²) < 4.78 is 43.3. The van der Waals surface area contributed by atoms with Crippen molar-refractivity contribution in [1.82, 2.24) is 13.7 Å². The molecule has 8 nitrogen and oxygen atoms in total. The van der Waals surface area contributed by atoms with Crippen LogP contribution in [0.1, 0.15) is 0 Å². The molecule has 0 bridgehead atoms. The molecular formula is C108H59N3O5S. The molecule has 0 spiro atoms. The van der Waals surface area contributed by atoms with Crippen LogP contribution in [0.25, 0.3) is 268 Å². The molecule has 117 heavy (non-hydrogen) atoms. The molecule has 9 aromatic heterocycles. The third-order valence-electron chi connectivity index (χ3n) is 25.1. The predicted octanol–water partition coefficient (Wildman–Crippen LogP) is 31.2. The molecule has 0 radical (unpaired) electrons. The highest BCUT2D eigenvalue weighted by Crippen LogP contribution is 2.51. The van der Waals surface area contributed by atoms with E-state index < -0.39 is 0 Å². The number of rotatable bonds is 8. The van der Waals surface area contributed by atoms with E-state index in [0.717, 1.165) is 226 Å². The van der Waals surface area contributed by atoms with Crippen LogP contribution in [0.15, 0.2) is 380 Å². The van der Waals surface area contributed by atoms with Crippen molar-refractivity contribution in [1.29, 1.82) is 0 Å². The van der Waals surface area contributed by atoms with Gasteiger partial charge in [-0.2, -0.15) is 0 Å². The minimum absolute atomic E-state index is 0.840. The van der Waals surface area contributed by atoms with Crippen LogP contribution in [0.4, 0.5) is 0 Å². The fourth-order valence-electron chi connectivity index (χ4n) is 19.8. The van der Waals surface area contributed by atoms with E-state index in [-0.39, 0.29) is 0 Å². The van der Waals surface area contributed by atoms with Crippen molar-refractivity contribution in [3.05, 3.63) is 358 Å². The van der Waals surface area contributed by atoms with Crippen LogP contribution in [0.5, 0.6) is 0 Å². The summed E-state index contributed by atoms with van der Waals surface area (Å²) in [5.41, 5.74) is 29.7. The Labute approximate surface area is 668 Å². The zero-order valence-electron chi connectivity index (χ0n) is 62.4. The van der Waals surface area contributed by atoms with E-state index in [1.165, 1.54) is 42.1 Å². The summed E-state index contributed by atoms with van der Waals surface area (Å²) in [5.74, 6) is 0. The molecule has 0 saturated carbocycles. The molecule has 9 heterocycles. The zero-order valence-corrected chi connectivity index (χ0v) is 63.2. The van der Waals surface area contributed by atoms with Gasteiger partial charge in [0.15, 0.2) is 16.7 Å².